The SMILES string of the molecule is N=C(N)CCCCSc1cc(F)ccc1F. The zero-order valence-electron chi connectivity index (χ0n) is 8.80. The Balaban J connectivity index is 2.31. The minimum absolute atomic E-state index is 0.168. The van der Waals surface area contributed by atoms with Gasteiger partial charge in [-0.2, -0.15) is 0 Å². The number of nitrogens with two attached hydrogens (primary N) is 1. The van der Waals surface area contributed by atoms with E-state index in [1.807, 2.05) is 0 Å². The maximum absolute atomic E-state index is 13.2. The van der Waals surface area contributed by atoms with Crippen molar-refractivity contribution in [2.45, 2.75) is 24.2 Å². The normalized spacial score (nSPS) is 10.4. The van der Waals surface area contributed by atoms with Gasteiger partial charge in [0.05, 0.1) is 5.84 Å². The summed E-state index contributed by atoms with van der Waals surface area (Å²) in [6, 6.07) is 3.44. The molecule has 0 radical (unpaired) electrons. The lowest BCUT2D eigenvalue weighted by Crippen LogP contribution is -2.08. The zero-order chi connectivity index (χ0) is 12.0. The van der Waals surface area contributed by atoms with Gasteiger partial charge in [-0.25, -0.2) is 8.78 Å². The molecule has 0 saturated carbocycles. The van der Waals surface area contributed by atoms with Crippen molar-refractivity contribution in [3.8, 4) is 0 Å². The summed E-state index contributed by atoms with van der Waals surface area (Å²) in [5.74, 6) is 0.0562. The van der Waals surface area contributed by atoms with E-state index in [0.29, 0.717) is 17.1 Å². The summed E-state index contributed by atoms with van der Waals surface area (Å²) < 4.78 is 26.0. The topological polar surface area (TPSA) is 49.9 Å². The van der Waals surface area contributed by atoms with Crippen molar-refractivity contribution >= 4 is 17.6 Å². The third-order valence-corrected chi connectivity index (χ3v) is 3.11. The number of halogens is 2. The van der Waals surface area contributed by atoms with Gasteiger partial charge in [-0.05, 0) is 36.8 Å². The Bertz CT molecular complexity index is 369. The quantitative estimate of drug-likeness (QED) is 0.349. The third-order valence-electron chi connectivity index (χ3n) is 1.99. The molecule has 0 fully saturated rings. The van der Waals surface area contributed by atoms with Gasteiger partial charge < -0.3 is 5.73 Å². The summed E-state index contributed by atoms with van der Waals surface area (Å²) >= 11 is 1.29. The average molecular weight is 244 g/mol. The Morgan fingerprint density at radius 2 is 2.06 bits per heavy atom. The lowest BCUT2D eigenvalue weighted by Gasteiger charge is -2.03. The summed E-state index contributed by atoms with van der Waals surface area (Å²) in [5, 5.41) is 7.02. The van der Waals surface area contributed by atoms with Crippen molar-refractivity contribution in [2.24, 2.45) is 5.73 Å². The minimum atomic E-state index is -0.423. The van der Waals surface area contributed by atoms with Crippen molar-refractivity contribution in [2.75, 3.05) is 5.75 Å². The van der Waals surface area contributed by atoms with Gasteiger partial charge in [0.15, 0.2) is 0 Å². The second-order valence-electron chi connectivity index (χ2n) is 3.41. The van der Waals surface area contributed by atoms with Gasteiger partial charge in [0.2, 0.25) is 0 Å². The Hall–Kier alpha value is -1.10. The first-order chi connectivity index (χ1) is 7.59. The van der Waals surface area contributed by atoms with Crippen LogP contribution < -0.4 is 5.73 Å². The smallest absolute Gasteiger partial charge is 0.136 e. The summed E-state index contributed by atoms with van der Waals surface area (Å²) in [6.45, 7) is 0. The van der Waals surface area contributed by atoms with Crippen LogP contribution in [0.3, 0.4) is 0 Å². The van der Waals surface area contributed by atoms with Gasteiger partial charge in [0, 0.05) is 11.3 Å². The molecule has 0 bridgehead atoms. The van der Waals surface area contributed by atoms with Gasteiger partial charge in [-0.15, -0.1) is 11.8 Å². The molecule has 5 heteroatoms. The highest BCUT2D eigenvalue weighted by molar-refractivity contribution is 7.99. The standard InChI is InChI=1S/C11H14F2N2S/c12-8-4-5-9(13)10(7-8)16-6-2-1-3-11(14)15/h4-5,7H,1-3,6H2,(H3,14,15). The summed E-state index contributed by atoms with van der Waals surface area (Å²) in [6.07, 6.45) is 2.20. The van der Waals surface area contributed by atoms with Crippen molar-refractivity contribution in [1.82, 2.24) is 0 Å². The fraction of sp³-hybridized carbons (Fsp3) is 0.364. The highest BCUT2D eigenvalue weighted by atomic mass is 32.2. The molecule has 0 aliphatic rings. The molecular weight excluding hydrogens is 230 g/mol. The lowest BCUT2D eigenvalue weighted by atomic mass is 10.2. The first kappa shape index (κ1) is 13.0. The number of amidine groups is 1. The molecule has 0 aliphatic carbocycles. The van der Waals surface area contributed by atoms with Gasteiger partial charge in [-0.1, -0.05) is 0 Å². The van der Waals surface area contributed by atoms with Crippen LogP contribution in [0.5, 0.6) is 0 Å². The molecule has 1 rings (SSSR count). The van der Waals surface area contributed by atoms with Crippen LogP contribution in [-0.2, 0) is 0 Å². The van der Waals surface area contributed by atoms with Gasteiger partial charge in [0.1, 0.15) is 11.6 Å². The van der Waals surface area contributed by atoms with Crippen LogP contribution >= 0.6 is 11.8 Å². The molecule has 0 saturated heterocycles. The number of thioether (sulfide) groups is 1. The molecule has 0 atom stereocenters. The number of nitrogens with one attached hydrogen (secondary N) is 1. The predicted molar refractivity (Wildman–Crippen MR) is 62.8 cm³/mol. The first-order valence-corrected chi connectivity index (χ1v) is 5.99. The van der Waals surface area contributed by atoms with Crippen LogP contribution in [0.1, 0.15) is 19.3 Å². The first-order valence-electron chi connectivity index (χ1n) is 5.00. The van der Waals surface area contributed by atoms with E-state index in [-0.39, 0.29) is 5.84 Å². The Morgan fingerprint density at radius 1 is 1.31 bits per heavy atom. The van der Waals surface area contributed by atoms with Gasteiger partial charge in [0.25, 0.3) is 0 Å². The molecular formula is C11H14F2N2S. The van der Waals surface area contributed by atoms with Crippen LogP contribution in [0.2, 0.25) is 0 Å². The van der Waals surface area contributed by atoms with E-state index in [4.69, 9.17) is 11.1 Å². The molecule has 16 heavy (non-hydrogen) atoms. The Labute approximate surface area is 97.7 Å². The Kier molecular flexibility index (Phi) is 5.25. The lowest BCUT2D eigenvalue weighted by molar-refractivity contribution is 0.577. The van der Waals surface area contributed by atoms with Gasteiger partial charge in [-0.3, -0.25) is 5.41 Å². The van der Waals surface area contributed by atoms with Crippen molar-refractivity contribution in [3.63, 3.8) is 0 Å². The van der Waals surface area contributed by atoms with E-state index < -0.39 is 11.6 Å². The molecule has 0 unspecified atom stereocenters. The number of rotatable bonds is 6. The van der Waals surface area contributed by atoms with Crippen LogP contribution in [0.15, 0.2) is 23.1 Å². The zero-order valence-corrected chi connectivity index (χ0v) is 9.62. The molecule has 0 amide bonds. The van der Waals surface area contributed by atoms with Crippen LogP contribution in [0.25, 0.3) is 0 Å². The number of benzene rings is 1. The second kappa shape index (κ2) is 6.48. The molecule has 1 aromatic rings. The maximum Gasteiger partial charge on any atom is 0.136 e. The van der Waals surface area contributed by atoms with Crippen molar-refractivity contribution < 1.29 is 8.78 Å². The molecule has 88 valence electrons. The fourth-order valence-electron chi connectivity index (χ4n) is 1.19. The molecule has 0 spiro atoms. The number of hydrogen-bond donors (Lipinski definition) is 2. The number of unbranched alkanes of at least 4 members (excludes halogenated alkanes) is 1. The highest BCUT2D eigenvalue weighted by Crippen LogP contribution is 2.23. The van der Waals surface area contributed by atoms with E-state index in [1.165, 1.54) is 17.8 Å². The monoisotopic (exact) mass is 244 g/mol. The highest BCUT2D eigenvalue weighted by Gasteiger charge is 2.04. The summed E-state index contributed by atoms with van der Waals surface area (Å²) in [5.41, 5.74) is 5.20. The molecule has 1 aromatic carbocycles. The van der Waals surface area contributed by atoms with E-state index in [9.17, 15) is 8.78 Å². The van der Waals surface area contributed by atoms with Crippen LogP contribution in [0, 0.1) is 17.0 Å². The van der Waals surface area contributed by atoms with Crippen LogP contribution in [0.4, 0.5) is 8.78 Å². The molecule has 2 nitrogen and oxygen atoms in total. The average Bonchev–Trinajstić information content (AvgIpc) is 2.22. The second-order valence-corrected chi connectivity index (χ2v) is 4.54. The van der Waals surface area contributed by atoms with Gasteiger partial charge >= 0.3 is 0 Å². The maximum atomic E-state index is 13.2. The largest absolute Gasteiger partial charge is 0.388 e. The minimum Gasteiger partial charge on any atom is -0.388 e. The van der Waals surface area contributed by atoms with E-state index in [1.54, 1.807) is 0 Å². The van der Waals surface area contributed by atoms with Crippen molar-refractivity contribution in [3.05, 3.63) is 29.8 Å². The molecule has 3 N–H and O–H groups in total. The number of hydrogen-bond acceptors (Lipinski definition) is 2. The molecule has 0 aliphatic heterocycles. The fourth-order valence-corrected chi connectivity index (χ4v) is 2.16. The molecule has 0 heterocycles. The summed E-state index contributed by atoms with van der Waals surface area (Å²) in [7, 11) is 0. The van der Waals surface area contributed by atoms with E-state index >= 15 is 0 Å². The van der Waals surface area contributed by atoms with E-state index in [0.717, 1.165) is 25.0 Å². The van der Waals surface area contributed by atoms with Crippen LogP contribution in [-0.4, -0.2) is 11.6 Å². The predicted octanol–water partition coefficient (Wildman–Crippen LogP) is 3.16. The molecule has 0 aromatic heterocycles. The summed E-state index contributed by atoms with van der Waals surface area (Å²) in [4.78, 5) is 0.336. The Morgan fingerprint density at radius 3 is 2.75 bits per heavy atom. The van der Waals surface area contributed by atoms with E-state index in [2.05, 4.69) is 0 Å². The third kappa shape index (κ3) is 4.61. The van der Waals surface area contributed by atoms with Crippen molar-refractivity contribution in [1.29, 1.82) is 5.41 Å².